The highest BCUT2D eigenvalue weighted by molar-refractivity contribution is 7.89. The minimum atomic E-state index is -3.98. The molecular weight excluding hydrogens is 436 g/mol. The van der Waals surface area contributed by atoms with Gasteiger partial charge in [-0.05, 0) is 48.4 Å². The summed E-state index contributed by atoms with van der Waals surface area (Å²) < 4.78 is 43.9. The highest BCUT2D eigenvalue weighted by Gasteiger charge is 2.26. The van der Waals surface area contributed by atoms with Gasteiger partial charge < -0.3 is 19.1 Å². The largest absolute Gasteiger partial charge is 0.493 e. The fraction of sp³-hybridized carbons (Fsp3) is 0.364. The zero-order valence-electron chi connectivity index (χ0n) is 18.2. The molecule has 0 spiro atoms. The lowest BCUT2D eigenvalue weighted by Crippen LogP contribution is -2.30. The van der Waals surface area contributed by atoms with Crippen molar-refractivity contribution in [2.24, 2.45) is 0 Å². The molecule has 0 aromatic heterocycles. The summed E-state index contributed by atoms with van der Waals surface area (Å²) in [4.78, 5) is 25.5. The fourth-order valence-corrected chi connectivity index (χ4v) is 4.75. The van der Waals surface area contributed by atoms with Crippen LogP contribution in [0.25, 0.3) is 0 Å². The number of carbonyl (C=O) groups is 2. The van der Waals surface area contributed by atoms with Gasteiger partial charge in [0, 0.05) is 18.7 Å². The predicted molar refractivity (Wildman–Crippen MR) is 117 cm³/mol. The molecule has 1 heterocycles. The van der Waals surface area contributed by atoms with Gasteiger partial charge in [0.15, 0.2) is 11.5 Å². The maximum Gasteiger partial charge on any atom is 0.307 e. The van der Waals surface area contributed by atoms with E-state index < -0.39 is 22.0 Å². The Morgan fingerprint density at radius 2 is 1.75 bits per heavy atom. The topological polar surface area (TPSA) is 111 Å². The van der Waals surface area contributed by atoms with Crippen LogP contribution in [0.15, 0.2) is 47.4 Å². The summed E-state index contributed by atoms with van der Waals surface area (Å²) in [7, 11) is 0.211. The van der Waals surface area contributed by atoms with E-state index in [2.05, 4.69) is 4.72 Å². The summed E-state index contributed by atoms with van der Waals surface area (Å²) in [5.74, 6) is 0.322. The molecule has 1 unspecified atom stereocenters. The van der Waals surface area contributed by atoms with Crippen LogP contribution in [0.1, 0.15) is 30.9 Å². The Labute approximate surface area is 187 Å². The molecule has 1 amide bonds. The first kappa shape index (κ1) is 23.6. The summed E-state index contributed by atoms with van der Waals surface area (Å²) in [5, 5.41) is 0. The number of anilines is 1. The van der Waals surface area contributed by atoms with Crippen LogP contribution >= 0.6 is 0 Å². The van der Waals surface area contributed by atoms with Crippen molar-refractivity contribution in [2.75, 3.05) is 32.8 Å². The summed E-state index contributed by atoms with van der Waals surface area (Å²) >= 11 is 0. The molecule has 3 rings (SSSR count). The summed E-state index contributed by atoms with van der Waals surface area (Å²) in [6, 6.07) is 10.1. The van der Waals surface area contributed by atoms with Crippen molar-refractivity contribution in [3.05, 3.63) is 48.0 Å². The molecule has 2 aromatic carbocycles. The number of esters is 1. The molecule has 0 aliphatic carbocycles. The number of benzene rings is 2. The van der Waals surface area contributed by atoms with Crippen molar-refractivity contribution in [3.8, 4) is 11.5 Å². The third-order valence-electron chi connectivity index (χ3n) is 5.24. The second kappa shape index (κ2) is 10.0. The first-order chi connectivity index (χ1) is 15.3. The number of amides is 1. The standard InChI is InChI=1S/C22H26N2O7S/c1-29-19-11-6-15(13-20(19)30-2)18(14-22(26)31-3)23-32(27,28)17-9-7-16(8-10-17)24-12-4-5-21(24)25/h6-11,13,18,23H,4-5,12,14H2,1-3H3. The van der Waals surface area contributed by atoms with Crippen LogP contribution in [0.5, 0.6) is 11.5 Å². The van der Waals surface area contributed by atoms with Crippen molar-refractivity contribution >= 4 is 27.6 Å². The summed E-state index contributed by atoms with van der Waals surface area (Å²) in [6.07, 6.45) is 1.05. The fourth-order valence-electron chi connectivity index (χ4n) is 3.53. The Kier molecular flexibility index (Phi) is 7.37. The highest BCUT2D eigenvalue weighted by atomic mass is 32.2. The maximum atomic E-state index is 13.1. The van der Waals surface area contributed by atoms with Gasteiger partial charge in [0.1, 0.15) is 0 Å². The van der Waals surface area contributed by atoms with E-state index in [1.165, 1.54) is 33.5 Å². The average molecular weight is 463 g/mol. The minimum absolute atomic E-state index is 0.0169. The lowest BCUT2D eigenvalue weighted by atomic mass is 10.0. The number of carbonyl (C=O) groups excluding carboxylic acids is 2. The Balaban J connectivity index is 1.88. The van der Waals surface area contributed by atoms with E-state index in [0.717, 1.165) is 6.42 Å². The van der Waals surface area contributed by atoms with Gasteiger partial charge in [-0.25, -0.2) is 13.1 Å². The van der Waals surface area contributed by atoms with Crippen LogP contribution < -0.4 is 19.1 Å². The van der Waals surface area contributed by atoms with Crippen molar-refractivity contribution < 1.29 is 32.2 Å². The molecule has 1 fully saturated rings. The third kappa shape index (κ3) is 5.20. The van der Waals surface area contributed by atoms with Crippen molar-refractivity contribution in [1.29, 1.82) is 0 Å². The van der Waals surface area contributed by atoms with Crippen LogP contribution in [0.4, 0.5) is 5.69 Å². The third-order valence-corrected chi connectivity index (χ3v) is 6.73. The van der Waals surface area contributed by atoms with E-state index >= 15 is 0 Å². The quantitative estimate of drug-likeness (QED) is 0.570. The van der Waals surface area contributed by atoms with Gasteiger partial charge in [-0.3, -0.25) is 9.59 Å². The van der Waals surface area contributed by atoms with Crippen LogP contribution in [0.2, 0.25) is 0 Å². The van der Waals surface area contributed by atoms with Gasteiger partial charge in [0.05, 0.1) is 38.7 Å². The van der Waals surface area contributed by atoms with Crippen molar-refractivity contribution in [1.82, 2.24) is 4.72 Å². The molecule has 1 aliphatic rings. The molecule has 2 aromatic rings. The van der Waals surface area contributed by atoms with Gasteiger partial charge in [-0.15, -0.1) is 0 Å². The SMILES string of the molecule is COC(=O)CC(NS(=O)(=O)c1ccc(N2CCCC2=O)cc1)c1ccc(OC)c(OC)c1. The average Bonchev–Trinajstić information content (AvgIpc) is 3.23. The zero-order chi connectivity index (χ0) is 23.3. The number of methoxy groups -OCH3 is 3. The summed E-state index contributed by atoms with van der Waals surface area (Å²) in [5.41, 5.74) is 1.16. The number of sulfonamides is 1. The van der Waals surface area contributed by atoms with E-state index in [4.69, 9.17) is 14.2 Å². The van der Waals surface area contributed by atoms with E-state index in [9.17, 15) is 18.0 Å². The smallest absolute Gasteiger partial charge is 0.307 e. The monoisotopic (exact) mass is 462 g/mol. The molecule has 1 atom stereocenters. The number of nitrogens with one attached hydrogen (secondary N) is 1. The first-order valence-corrected chi connectivity index (χ1v) is 11.5. The van der Waals surface area contributed by atoms with Gasteiger partial charge in [-0.2, -0.15) is 0 Å². The zero-order valence-corrected chi connectivity index (χ0v) is 19.0. The molecule has 0 radical (unpaired) electrons. The lowest BCUT2D eigenvalue weighted by molar-refractivity contribution is -0.141. The van der Waals surface area contributed by atoms with Crippen LogP contribution in [-0.2, 0) is 24.3 Å². The van der Waals surface area contributed by atoms with E-state index in [1.54, 1.807) is 35.2 Å². The number of hydrogen-bond acceptors (Lipinski definition) is 7. The summed E-state index contributed by atoms with van der Waals surface area (Å²) in [6.45, 7) is 0.615. The molecule has 32 heavy (non-hydrogen) atoms. The van der Waals surface area contributed by atoms with E-state index in [1.807, 2.05) is 0 Å². The maximum absolute atomic E-state index is 13.1. The van der Waals surface area contributed by atoms with Gasteiger partial charge >= 0.3 is 5.97 Å². The van der Waals surface area contributed by atoms with Crippen LogP contribution in [-0.4, -0.2) is 48.2 Å². The number of nitrogens with zero attached hydrogens (tertiary/aromatic N) is 1. The molecule has 0 saturated carbocycles. The molecule has 1 N–H and O–H groups in total. The highest BCUT2D eigenvalue weighted by Crippen LogP contribution is 2.32. The molecule has 172 valence electrons. The minimum Gasteiger partial charge on any atom is -0.493 e. The van der Waals surface area contributed by atoms with Gasteiger partial charge in [0.2, 0.25) is 15.9 Å². The van der Waals surface area contributed by atoms with Gasteiger partial charge in [-0.1, -0.05) is 6.07 Å². The van der Waals surface area contributed by atoms with Crippen molar-refractivity contribution in [3.63, 3.8) is 0 Å². The molecule has 10 heteroatoms. The molecular formula is C22H26N2O7S. The van der Waals surface area contributed by atoms with Crippen molar-refractivity contribution in [2.45, 2.75) is 30.2 Å². The second-order valence-corrected chi connectivity index (χ2v) is 8.93. The number of ether oxygens (including phenoxy) is 3. The van der Waals surface area contributed by atoms with Crippen LogP contribution in [0.3, 0.4) is 0 Å². The number of rotatable bonds is 9. The Morgan fingerprint density at radius 3 is 2.31 bits per heavy atom. The predicted octanol–water partition coefficient (Wildman–Crippen LogP) is 2.41. The molecule has 1 aliphatic heterocycles. The Morgan fingerprint density at radius 1 is 1.06 bits per heavy atom. The Bertz CT molecular complexity index is 1080. The van der Waals surface area contributed by atoms with Gasteiger partial charge in [0.25, 0.3) is 0 Å². The van der Waals surface area contributed by atoms with E-state index in [0.29, 0.717) is 35.7 Å². The lowest BCUT2D eigenvalue weighted by Gasteiger charge is -2.20. The number of hydrogen-bond donors (Lipinski definition) is 1. The molecule has 1 saturated heterocycles. The first-order valence-electron chi connectivity index (χ1n) is 10.0. The van der Waals surface area contributed by atoms with Crippen LogP contribution in [0, 0.1) is 0 Å². The second-order valence-electron chi connectivity index (χ2n) is 7.21. The Hall–Kier alpha value is -3.11. The van der Waals surface area contributed by atoms with E-state index in [-0.39, 0.29) is 17.2 Å². The molecule has 0 bridgehead atoms. The normalized spacial score (nSPS) is 14.8. The molecule has 9 nitrogen and oxygen atoms in total.